The minimum Gasteiger partial charge on any atom is -0.481 e. The number of rotatable bonds is 4. The van der Waals surface area contributed by atoms with Crippen molar-refractivity contribution in [2.24, 2.45) is 17.8 Å². The van der Waals surface area contributed by atoms with Gasteiger partial charge in [-0.15, -0.1) is 0 Å². The molecule has 0 spiro atoms. The van der Waals surface area contributed by atoms with Gasteiger partial charge in [0.1, 0.15) is 6.04 Å². The monoisotopic (exact) mass is 310 g/mol. The summed E-state index contributed by atoms with van der Waals surface area (Å²) in [6.45, 7) is 4.23. The number of carbonyl (C=O) groups excluding carboxylic acids is 2. The first-order valence-electron chi connectivity index (χ1n) is 8.19. The average Bonchev–Trinajstić information content (AvgIpc) is 2.97. The van der Waals surface area contributed by atoms with Gasteiger partial charge in [-0.25, -0.2) is 0 Å². The Labute approximate surface area is 131 Å². The van der Waals surface area contributed by atoms with Gasteiger partial charge in [0, 0.05) is 20.0 Å². The number of hydrogen-bond acceptors (Lipinski definition) is 3. The second kappa shape index (κ2) is 7.11. The Morgan fingerprint density at radius 1 is 1.18 bits per heavy atom. The fourth-order valence-corrected chi connectivity index (χ4v) is 3.80. The molecule has 0 aromatic rings. The highest BCUT2D eigenvalue weighted by Crippen LogP contribution is 2.30. The number of nitrogens with one attached hydrogen (secondary N) is 1. The summed E-state index contributed by atoms with van der Waals surface area (Å²) in [5.41, 5.74) is 0. The molecule has 1 aliphatic heterocycles. The third kappa shape index (κ3) is 3.78. The van der Waals surface area contributed by atoms with Crippen LogP contribution >= 0.6 is 0 Å². The molecule has 124 valence electrons. The lowest BCUT2D eigenvalue weighted by atomic mass is 9.86. The van der Waals surface area contributed by atoms with Crippen molar-refractivity contribution in [3.63, 3.8) is 0 Å². The summed E-state index contributed by atoms with van der Waals surface area (Å²) < 4.78 is 0. The van der Waals surface area contributed by atoms with Crippen LogP contribution in [0.1, 0.15) is 46.0 Å². The lowest BCUT2D eigenvalue weighted by Gasteiger charge is -2.38. The molecule has 2 rings (SSSR count). The molecule has 3 unspecified atom stereocenters. The van der Waals surface area contributed by atoms with Crippen molar-refractivity contribution in [1.82, 2.24) is 10.2 Å². The molecule has 6 heteroatoms. The van der Waals surface area contributed by atoms with E-state index in [-0.39, 0.29) is 29.6 Å². The first kappa shape index (κ1) is 16.8. The minimum atomic E-state index is -0.784. The van der Waals surface area contributed by atoms with Crippen molar-refractivity contribution in [1.29, 1.82) is 0 Å². The van der Waals surface area contributed by atoms with Gasteiger partial charge in [0.15, 0.2) is 0 Å². The van der Waals surface area contributed by atoms with E-state index in [0.717, 1.165) is 25.7 Å². The van der Waals surface area contributed by atoms with E-state index in [2.05, 4.69) is 5.32 Å². The first-order chi connectivity index (χ1) is 10.4. The second-order valence-corrected chi connectivity index (χ2v) is 6.72. The van der Waals surface area contributed by atoms with Crippen molar-refractivity contribution in [2.75, 3.05) is 13.1 Å². The van der Waals surface area contributed by atoms with Crippen LogP contribution in [0.2, 0.25) is 0 Å². The number of piperidine rings is 1. The van der Waals surface area contributed by atoms with E-state index < -0.39 is 12.0 Å². The van der Waals surface area contributed by atoms with Crippen LogP contribution in [-0.2, 0) is 14.4 Å². The smallest absolute Gasteiger partial charge is 0.306 e. The molecule has 1 saturated heterocycles. The van der Waals surface area contributed by atoms with Gasteiger partial charge in [0.05, 0.1) is 5.92 Å². The molecule has 2 fully saturated rings. The zero-order chi connectivity index (χ0) is 16.3. The third-order valence-corrected chi connectivity index (χ3v) is 5.03. The predicted molar refractivity (Wildman–Crippen MR) is 81.0 cm³/mol. The van der Waals surface area contributed by atoms with Gasteiger partial charge >= 0.3 is 5.97 Å². The molecule has 22 heavy (non-hydrogen) atoms. The summed E-state index contributed by atoms with van der Waals surface area (Å²) in [6.07, 6.45) is 4.63. The van der Waals surface area contributed by atoms with Crippen LogP contribution in [-0.4, -0.2) is 46.9 Å². The summed E-state index contributed by atoms with van der Waals surface area (Å²) in [5, 5.41) is 12.0. The lowest BCUT2D eigenvalue weighted by Crippen LogP contribution is -2.55. The van der Waals surface area contributed by atoms with Gasteiger partial charge in [0.2, 0.25) is 11.8 Å². The standard InChI is InChI=1S/C16H26N2O4/c1-10-9-18(8-7-13(10)16(21)22)15(20)14(17-11(2)19)12-5-3-4-6-12/h10,12-14H,3-9H2,1-2H3,(H,17,19)(H,21,22). The maximum atomic E-state index is 12.8. The maximum Gasteiger partial charge on any atom is 0.306 e. The van der Waals surface area contributed by atoms with Crippen LogP contribution in [0, 0.1) is 17.8 Å². The number of likely N-dealkylation sites (tertiary alicyclic amines) is 1. The van der Waals surface area contributed by atoms with Gasteiger partial charge in [-0.2, -0.15) is 0 Å². The lowest BCUT2D eigenvalue weighted by molar-refractivity contribution is -0.149. The minimum absolute atomic E-state index is 0.0437. The van der Waals surface area contributed by atoms with Gasteiger partial charge in [-0.05, 0) is 31.1 Å². The zero-order valence-electron chi connectivity index (χ0n) is 13.4. The zero-order valence-corrected chi connectivity index (χ0v) is 13.4. The first-order valence-corrected chi connectivity index (χ1v) is 8.19. The normalized spacial score (nSPS) is 27.5. The predicted octanol–water partition coefficient (Wildman–Crippen LogP) is 1.25. The molecule has 2 amide bonds. The molecule has 0 bridgehead atoms. The van der Waals surface area contributed by atoms with E-state index in [1.54, 1.807) is 4.90 Å². The van der Waals surface area contributed by atoms with E-state index in [1.807, 2.05) is 6.92 Å². The number of amides is 2. The average molecular weight is 310 g/mol. The van der Waals surface area contributed by atoms with Crippen molar-refractivity contribution >= 4 is 17.8 Å². The second-order valence-electron chi connectivity index (χ2n) is 6.72. The number of aliphatic carboxylic acids is 1. The van der Waals surface area contributed by atoms with Gasteiger partial charge in [0.25, 0.3) is 0 Å². The highest BCUT2D eigenvalue weighted by atomic mass is 16.4. The highest BCUT2D eigenvalue weighted by Gasteiger charge is 2.38. The Morgan fingerprint density at radius 2 is 1.82 bits per heavy atom. The molecule has 0 aromatic heterocycles. The number of carboxylic acid groups (broad SMARTS) is 1. The SMILES string of the molecule is CC(=O)NC(C(=O)N1CCC(C(=O)O)C(C)C1)C1CCCC1. The van der Waals surface area contributed by atoms with Crippen LogP contribution < -0.4 is 5.32 Å². The number of hydrogen-bond donors (Lipinski definition) is 2. The molecule has 2 aliphatic rings. The van der Waals surface area contributed by atoms with Crippen molar-refractivity contribution in [3.05, 3.63) is 0 Å². The topological polar surface area (TPSA) is 86.7 Å². The molecule has 3 atom stereocenters. The van der Waals surface area contributed by atoms with Gasteiger partial charge in [-0.1, -0.05) is 19.8 Å². The maximum absolute atomic E-state index is 12.8. The van der Waals surface area contributed by atoms with Crippen LogP contribution in [0.5, 0.6) is 0 Å². The Balaban J connectivity index is 2.04. The Morgan fingerprint density at radius 3 is 2.32 bits per heavy atom. The number of carbonyl (C=O) groups is 3. The van der Waals surface area contributed by atoms with E-state index in [1.165, 1.54) is 6.92 Å². The molecule has 0 radical (unpaired) electrons. The Hall–Kier alpha value is -1.59. The van der Waals surface area contributed by atoms with Crippen molar-refractivity contribution in [3.8, 4) is 0 Å². The molecule has 1 heterocycles. The van der Waals surface area contributed by atoms with E-state index >= 15 is 0 Å². The molecular weight excluding hydrogens is 284 g/mol. The number of carboxylic acids is 1. The van der Waals surface area contributed by atoms with Crippen LogP contribution in [0.15, 0.2) is 0 Å². The van der Waals surface area contributed by atoms with Gasteiger partial charge in [-0.3, -0.25) is 14.4 Å². The molecule has 1 aliphatic carbocycles. The molecule has 0 aromatic carbocycles. The van der Waals surface area contributed by atoms with Crippen molar-refractivity contribution in [2.45, 2.75) is 52.0 Å². The number of nitrogens with zero attached hydrogens (tertiary/aromatic N) is 1. The fourth-order valence-electron chi connectivity index (χ4n) is 3.80. The van der Waals surface area contributed by atoms with E-state index in [0.29, 0.717) is 19.5 Å². The highest BCUT2D eigenvalue weighted by molar-refractivity contribution is 5.87. The fraction of sp³-hybridized carbons (Fsp3) is 0.812. The Kier molecular flexibility index (Phi) is 5.42. The molecular formula is C16H26N2O4. The molecule has 1 saturated carbocycles. The van der Waals surface area contributed by atoms with Crippen molar-refractivity contribution < 1.29 is 19.5 Å². The van der Waals surface area contributed by atoms with Crippen LogP contribution in [0.4, 0.5) is 0 Å². The van der Waals surface area contributed by atoms with E-state index in [9.17, 15) is 19.5 Å². The summed E-state index contributed by atoms with van der Waals surface area (Å²) in [4.78, 5) is 37.2. The van der Waals surface area contributed by atoms with Crippen LogP contribution in [0.3, 0.4) is 0 Å². The summed E-state index contributed by atoms with van der Waals surface area (Å²) in [5.74, 6) is -1.24. The molecule has 6 nitrogen and oxygen atoms in total. The summed E-state index contributed by atoms with van der Waals surface area (Å²) >= 11 is 0. The molecule has 2 N–H and O–H groups in total. The third-order valence-electron chi connectivity index (χ3n) is 5.03. The summed E-state index contributed by atoms with van der Waals surface area (Å²) in [7, 11) is 0. The Bertz CT molecular complexity index is 445. The summed E-state index contributed by atoms with van der Waals surface area (Å²) in [6, 6.07) is -0.450. The van der Waals surface area contributed by atoms with E-state index in [4.69, 9.17) is 0 Å². The largest absolute Gasteiger partial charge is 0.481 e. The van der Waals surface area contributed by atoms with Crippen LogP contribution in [0.25, 0.3) is 0 Å². The van der Waals surface area contributed by atoms with Gasteiger partial charge < -0.3 is 15.3 Å². The quantitative estimate of drug-likeness (QED) is 0.818.